The molecule has 0 atom stereocenters. The Labute approximate surface area is 125 Å². The Bertz CT molecular complexity index is 550. The van der Waals surface area contributed by atoms with Gasteiger partial charge in [-0.15, -0.1) is 20.4 Å². The summed E-state index contributed by atoms with van der Waals surface area (Å²) in [6, 6.07) is 0.563. The van der Waals surface area contributed by atoms with Crippen molar-refractivity contribution in [1.29, 1.82) is 0 Å². The van der Waals surface area contributed by atoms with Crippen molar-refractivity contribution < 1.29 is 4.42 Å². The lowest BCUT2D eigenvalue weighted by Crippen LogP contribution is -2.21. The molecule has 1 aliphatic rings. The average Bonchev–Trinajstić information content (AvgIpc) is 3.07. The van der Waals surface area contributed by atoms with Crippen LogP contribution >= 0.6 is 23.1 Å². The van der Waals surface area contributed by atoms with E-state index in [9.17, 15) is 0 Å². The first-order valence-electron chi connectivity index (χ1n) is 6.81. The molecule has 6 nitrogen and oxygen atoms in total. The second-order valence-electron chi connectivity index (χ2n) is 4.86. The first kappa shape index (κ1) is 13.8. The summed E-state index contributed by atoms with van der Waals surface area (Å²) in [4.78, 5) is 0. The molecule has 2 heterocycles. The smallest absolute Gasteiger partial charge is 0.226 e. The molecule has 0 bridgehead atoms. The minimum atomic E-state index is 0.563. The molecule has 1 fully saturated rings. The predicted molar refractivity (Wildman–Crippen MR) is 79.0 cm³/mol. The van der Waals surface area contributed by atoms with Crippen LogP contribution in [0, 0.1) is 6.92 Å². The standard InChI is InChI=1S/C12H17N5OS2/c1-8-14-15-10(18-8)7-19-12-17-16-11(20-12)13-9-5-3-2-4-6-9/h9H,2-7H2,1H3,(H,13,16). The highest BCUT2D eigenvalue weighted by atomic mass is 32.2. The molecule has 8 heteroatoms. The highest BCUT2D eigenvalue weighted by Crippen LogP contribution is 2.29. The van der Waals surface area contributed by atoms with Gasteiger partial charge in [-0.25, -0.2) is 0 Å². The van der Waals surface area contributed by atoms with E-state index in [1.54, 1.807) is 30.0 Å². The van der Waals surface area contributed by atoms with Crippen LogP contribution in [0.1, 0.15) is 43.9 Å². The number of nitrogens with one attached hydrogen (secondary N) is 1. The SMILES string of the molecule is Cc1nnc(CSc2nnc(NC3CCCCC3)s2)o1. The van der Waals surface area contributed by atoms with E-state index in [-0.39, 0.29) is 0 Å². The summed E-state index contributed by atoms with van der Waals surface area (Å²) in [7, 11) is 0. The molecule has 0 amide bonds. The van der Waals surface area contributed by atoms with Crippen LogP contribution in [0.3, 0.4) is 0 Å². The third kappa shape index (κ3) is 3.69. The van der Waals surface area contributed by atoms with Gasteiger partial charge >= 0.3 is 0 Å². The van der Waals surface area contributed by atoms with Gasteiger partial charge in [-0.05, 0) is 12.8 Å². The normalized spacial score (nSPS) is 16.4. The Kier molecular flexibility index (Phi) is 4.51. The third-order valence-electron chi connectivity index (χ3n) is 3.23. The lowest BCUT2D eigenvalue weighted by molar-refractivity contribution is 0.462. The maximum absolute atomic E-state index is 5.33. The molecule has 1 saturated carbocycles. The zero-order valence-electron chi connectivity index (χ0n) is 11.3. The quantitative estimate of drug-likeness (QED) is 0.849. The third-order valence-corrected chi connectivity index (χ3v) is 5.20. The van der Waals surface area contributed by atoms with Gasteiger partial charge in [0, 0.05) is 13.0 Å². The highest BCUT2D eigenvalue weighted by Gasteiger charge is 2.15. The molecular weight excluding hydrogens is 294 g/mol. The van der Waals surface area contributed by atoms with Crippen molar-refractivity contribution in [3.8, 4) is 0 Å². The molecule has 1 aliphatic carbocycles. The van der Waals surface area contributed by atoms with Crippen molar-refractivity contribution in [2.75, 3.05) is 5.32 Å². The van der Waals surface area contributed by atoms with Crippen molar-refractivity contribution in [3.63, 3.8) is 0 Å². The van der Waals surface area contributed by atoms with Crippen molar-refractivity contribution in [2.45, 2.75) is 55.2 Å². The van der Waals surface area contributed by atoms with Gasteiger partial charge in [-0.1, -0.05) is 42.4 Å². The van der Waals surface area contributed by atoms with Crippen molar-refractivity contribution >= 4 is 28.2 Å². The largest absolute Gasteiger partial charge is 0.425 e. The maximum atomic E-state index is 5.33. The number of hydrogen-bond acceptors (Lipinski definition) is 8. The first-order chi connectivity index (χ1) is 9.79. The van der Waals surface area contributed by atoms with Crippen molar-refractivity contribution in [2.24, 2.45) is 0 Å². The van der Waals surface area contributed by atoms with Gasteiger partial charge in [0.2, 0.25) is 16.9 Å². The zero-order valence-corrected chi connectivity index (χ0v) is 13.0. The van der Waals surface area contributed by atoms with Crippen LogP contribution in [0.25, 0.3) is 0 Å². The van der Waals surface area contributed by atoms with E-state index < -0.39 is 0 Å². The summed E-state index contributed by atoms with van der Waals surface area (Å²) >= 11 is 3.17. The Hall–Kier alpha value is -1.15. The number of thioether (sulfide) groups is 1. The summed E-state index contributed by atoms with van der Waals surface area (Å²) in [5.74, 6) is 1.86. The molecule has 0 saturated heterocycles. The number of nitrogens with zero attached hydrogens (tertiary/aromatic N) is 4. The second kappa shape index (κ2) is 6.53. The lowest BCUT2D eigenvalue weighted by atomic mass is 9.96. The molecule has 0 unspecified atom stereocenters. The molecule has 1 N–H and O–H groups in total. The van der Waals surface area contributed by atoms with Gasteiger partial charge in [0.1, 0.15) is 0 Å². The van der Waals surface area contributed by atoms with Gasteiger partial charge in [-0.3, -0.25) is 0 Å². The van der Waals surface area contributed by atoms with Gasteiger partial charge in [0.15, 0.2) is 4.34 Å². The van der Waals surface area contributed by atoms with E-state index >= 15 is 0 Å². The Morgan fingerprint density at radius 2 is 2.05 bits per heavy atom. The molecule has 0 radical (unpaired) electrons. The monoisotopic (exact) mass is 311 g/mol. The van der Waals surface area contributed by atoms with Gasteiger partial charge in [-0.2, -0.15) is 0 Å². The molecule has 2 aromatic heterocycles. The summed E-state index contributed by atoms with van der Waals surface area (Å²) in [6.45, 7) is 1.79. The van der Waals surface area contributed by atoms with Crippen LogP contribution < -0.4 is 5.32 Å². The molecular formula is C12H17N5OS2. The molecule has 0 aromatic carbocycles. The van der Waals surface area contributed by atoms with Gasteiger partial charge in [0.05, 0.1) is 5.75 Å². The van der Waals surface area contributed by atoms with E-state index in [4.69, 9.17) is 4.42 Å². The van der Waals surface area contributed by atoms with Gasteiger partial charge in [0.25, 0.3) is 0 Å². The van der Waals surface area contributed by atoms with E-state index in [0.29, 0.717) is 23.6 Å². The molecule has 3 rings (SSSR count). The first-order valence-corrected chi connectivity index (χ1v) is 8.61. The fourth-order valence-corrected chi connectivity index (χ4v) is 3.93. The maximum Gasteiger partial charge on any atom is 0.226 e. The van der Waals surface area contributed by atoms with Crippen molar-refractivity contribution in [3.05, 3.63) is 11.8 Å². The lowest BCUT2D eigenvalue weighted by Gasteiger charge is -2.21. The second-order valence-corrected chi connectivity index (χ2v) is 7.06. The van der Waals surface area contributed by atoms with Crippen LogP contribution in [0.5, 0.6) is 0 Å². The molecule has 2 aromatic rings. The van der Waals surface area contributed by atoms with Crippen LogP contribution in [0.2, 0.25) is 0 Å². The topological polar surface area (TPSA) is 76.7 Å². The summed E-state index contributed by atoms with van der Waals surface area (Å²) in [6.07, 6.45) is 6.47. The average molecular weight is 311 g/mol. The molecule has 108 valence electrons. The number of aromatic nitrogens is 4. The van der Waals surface area contributed by atoms with E-state index in [0.717, 1.165) is 9.47 Å². The van der Waals surface area contributed by atoms with Crippen LogP contribution in [-0.2, 0) is 5.75 Å². The number of hydrogen-bond donors (Lipinski definition) is 1. The molecule has 0 aliphatic heterocycles. The highest BCUT2D eigenvalue weighted by molar-refractivity contribution is 8.00. The Balaban J connectivity index is 1.51. The molecule has 20 heavy (non-hydrogen) atoms. The Morgan fingerprint density at radius 3 is 2.80 bits per heavy atom. The van der Waals surface area contributed by atoms with Crippen LogP contribution in [-0.4, -0.2) is 26.4 Å². The van der Waals surface area contributed by atoms with Gasteiger partial charge < -0.3 is 9.73 Å². The summed E-state index contributed by atoms with van der Waals surface area (Å²) < 4.78 is 6.26. The molecule has 0 spiro atoms. The number of rotatable bonds is 5. The van der Waals surface area contributed by atoms with Crippen LogP contribution in [0.4, 0.5) is 5.13 Å². The van der Waals surface area contributed by atoms with Crippen molar-refractivity contribution in [1.82, 2.24) is 20.4 Å². The predicted octanol–water partition coefficient (Wildman–Crippen LogP) is 3.27. The minimum Gasteiger partial charge on any atom is -0.425 e. The van der Waals surface area contributed by atoms with Crippen LogP contribution in [0.15, 0.2) is 8.76 Å². The Morgan fingerprint density at radius 1 is 1.20 bits per heavy atom. The van der Waals surface area contributed by atoms with E-state index in [1.807, 2.05) is 0 Å². The van der Waals surface area contributed by atoms with E-state index in [2.05, 4.69) is 25.7 Å². The zero-order chi connectivity index (χ0) is 13.8. The fourth-order valence-electron chi connectivity index (χ4n) is 2.27. The fraction of sp³-hybridized carbons (Fsp3) is 0.667. The minimum absolute atomic E-state index is 0.563. The number of anilines is 1. The summed E-state index contributed by atoms with van der Waals surface area (Å²) in [5, 5.41) is 20.6. The summed E-state index contributed by atoms with van der Waals surface area (Å²) in [5.41, 5.74) is 0. The number of aryl methyl sites for hydroxylation is 1. The van der Waals surface area contributed by atoms with E-state index in [1.165, 1.54) is 32.1 Å².